The molecule has 1 aliphatic heterocycles. The molecule has 0 amide bonds. The van der Waals surface area contributed by atoms with Crippen molar-refractivity contribution in [3.8, 4) is 5.75 Å². The summed E-state index contributed by atoms with van der Waals surface area (Å²) in [5.74, 6) is -0.453. The van der Waals surface area contributed by atoms with Gasteiger partial charge in [-0.3, -0.25) is 9.69 Å². The van der Waals surface area contributed by atoms with Crippen LogP contribution in [-0.4, -0.2) is 35.6 Å². The molecule has 26 heavy (non-hydrogen) atoms. The van der Waals surface area contributed by atoms with E-state index in [-0.39, 0.29) is 24.4 Å². The molecule has 0 radical (unpaired) electrons. The number of hydrogen-bond donors (Lipinski definition) is 1. The number of hydrogen-bond acceptors (Lipinski definition) is 3. The monoisotopic (exact) mass is 375 g/mol. The summed E-state index contributed by atoms with van der Waals surface area (Å²) >= 11 is 6.04. The Bertz CT molecular complexity index is 844. The number of ether oxygens (including phenoxy) is 1. The molecule has 1 aliphatic carbocycles. The van der Waals surface area contributed by atoms with Crippen molar-refractivity contribution in [1.29, 1.82) is 0 Å². The topological polar surface area (TPSA) is 49.8 Å². The van der Waals surface area contributed by atoms with E-state index in [1.54, 1.807) is 12.1 Å². The van der Waals surface area contributed by atoms with E-state index < -0.39 is 5.97 Å². The van der Waals surface area contributed by atoms with Gasteiger partial charge in [0, 0.05) is 24.1 Å². The maximum Gasteiger partial charge on any atom is 0.317 e. The smallest absolute Gasteiger partial charge is 0.317 e. The van der Waals surface area contributed by atoms with Crippen LogP contribution in [0, 0.1) is 11.2 Å². The van der Waals surface area contributed by atoms with Crippen LogP contribution >= 0.6 is 11.6 Å². The van der Waals surface area contributed by atoms with Crippen molar-refractivity contribution in [3.63, 3.8) is 0 Å². The average molecular weight is 376 g/mol. The molecule has 0 aromatic heterocycles. The molecule has 2 aromatic rings. The summed E-state index contributed by atoms with van der Waals surface area (Å²) in [6, 6.07) is 10.6. The normalized spacial score (nSPS) is 17.8. The molecular formula is C20H19ClFNO3. The molecule has 4 nitrogen and oxygen atoms in total. The zero-order valence-electron chi connectivity index (χ0n) is 14.2. The summed E-state index contributed by atoms with van der Waals surface area (Å²) in [5.41, 5.74) is 3.04. The molecule has 2 aromatic carbocycles. The second-order valence-corrected chi connectivity index (χ2v) is 7.72. The first kappa shape index (κ1) is 17.3. The lowest BCUT2D eigenvalue weighted by Crippen LogP contribution is -2.58. The van der Waals surface area contributed by atoms with Crippen LogP contribution in [0.4, 0.5) is 4.39 Å². The van der Waals surface area contributed by atoms with E-state index in [0.717, 1.165) is 25.9 Å². The number of halogens is 2. The Morgan fingerprint density at radius 3 is 2.73 bits per heavy atom. The third kappa shape index (κ3) is 3.29. The van der Waals surface area contributed by atoms with Crippen LogP contribution in [0.15, 0.2) is 36.4 Å². The number of nitrogens with zero attached hydrogens (tertiary/aromatic N) is 1. The Labute approximate surface area is 156 Å². The van der Waals surface area contributed by atoms with Crippen molar-refractivity contribution in [3.05, 3.63) is 63.9 Å². The maximum absolute atomic E-state index is 13.8. The Balaban J connectivity index is 1.41. The van der Waals surface area contributed by atoms with Crippen molar-refractivity contribution in [2.75, 3.05) is 19.6 Å². The molecule has 0 atom stereocenters. The van der Waals surface area contributed by atoms with Gasteiger partial charge in [-0.15, -0.1) is 0 Å². The highest BCUT2D eigenvalue weighted by molar-refractivity contribution is 6.31. The summed E-state index contributed by atoms with van der Waals surface area (Å²) < 4.78 is 19.6. The minimum Gasteiger partial charge on any atom is -0.489 e. The Kier molecular flexibility index (Phi) is 4.37. The molecular weight excluding hydrogens is 357 g/mol. The van der Waals surface area contributed by atoms with Gasteiger partial charge < -0.3 is 9.84 Å². The Morgan fingerprint density at radius 2 is 2.00 bits per heavy atom. The molecule has 1 spiro atoms. The predicted molar refractivity (Wildman–Crippen MR) is 96.1 cm³/mol. The zero-order valence-corrected chi connectivity index (χ0v) is 14.9. The maximum atomic E-state index is 13.8. The minimum absolute atomic E-state index is 0.0851. The fourth-order valence-electron chi connectivity index (χ4n) is 4.15. The van der Waals surface area contributed by atoms with Gasteiger partial charge in [0.05, 0.1) is 11.6 Å². The summed E-state index contributed by atoms with van der Waals surface area (Å²) in [5, 5.41) is 9.25. The van der Waals surface area contributed by atoms with E-state index in [1.807, 2.05) is 17.0 Å². The molecule has 0 saturated carbocycles. The highest BCUT2D eigenvalue weighted by atomic mass is 35.5. The standard InChI is InChI=1S/C20H19ClFNO3/c21-17-2-1-3-18(22)16(17)10-26-15-5-4-13-7-20(8-14(13)6-15)11-23(12-20)9-19(24)25/h1-6H,7-12H2,(H,24,25). The second kappa shape index (κ2) is 6.56. The average Bonchev–Trinajstić information content (AvgIpc) is 2.92. The van der Waals surface area contributed by atoms with Crippen LogP contribution in [0.5, 0.6) is 5.75 Å². The van der Waals surface area contributed by atoms with Crippen LogP contribution in [-0.2, 0) is 24.2 Å². The third-order valence-corrected chi connectivity index (χ3v) is 5.58. The van der Waals surface area contributed by atoms with Crippen molar-refractivity contribution < 1.29 is 19.0 Å². The molecule has 1 saturated heterocycles. The van der Waals surface area contributed by atoms with Crippen LogP contribution in [0.2, 0.25) is 5.02 Å². The number of carboxylic acids is 1. The fraction of sp³-hybridized carbons (Fsp3) is 0.350. The fourth-order valence-corrected chi connectivity index (χ4v) is 4.37. The summed E-state index contributed by atoms with van der Waals surface area (Å²) in [7, 11) is 0. The summed E-state index contributed by atoms with van der Waals surface area (Å²) in [6.07, 6.45) is 1.90. The van der Waals surface area contributed by atoms with E-state index in [4.69, 9.17) is 21.4 Å². The number of aliphatic carboxylic acids is 1. The molecule has 1 fully saturated rings. The molecule has 136 valence electrons. The predicted octanol–water partition coefficient (Wildman–Crippen LogP) is 3.54. The lowest BCUT2D eigenvalue weighted by atomic mass is 9.77. The van der Waals surface area contributed by atoms with Gasteiger partial charge in [-0.25, -0.2) is 4.39 Å². The number of likely N-dealkylation sites (tertiary alicyclic amines) is 1. The van der Waals surface area contributed by atoms with Crippen molar-refractivity contribution in [1.82, 2.24) is 4.90 Å². The third-order valence-electron chi connectivity index (χ3n) is 5.23. The highest BCUT2D eigenvalue weighted by Gasteiger charge is 2.47. The number of benzene rings is 2. The first-order chi connectivity index (χ1) is 12.4. The van der Waals surface area contributed by atoms with E-state index >= 15 is 0 Å². The van der Waals surface area contributed by atoms with Crippen LogP contribution in [0.3, 0.4) is 0 Å². The molecule has 1 N–H and O–H groups in total. The minimum atomic E-state index is -0.780. The van der Waals surface area contributed by atoms with Gasteiger partial charge in [0.1, 0.15) is 18.2 Å². The van der Waals surface area contributed by atoms with E-state index in [1.165, 1.54) is 17.2 Å². The van der Waals surface area contributed by atoms with Gasteiger partial charge in [0.15, 0.2) is 0 Å². The van der Waals surface area contributed by atoms with E-state index in [9.17, 15) is 9.18 Å². The molecule has 0 unspecified atom stereocenters. The van der Waals surface area contributed by atoms with Crippen molar-refractivity contribution in [2.45, 2.75) is 19.4 Å². The molecule has 4 rings (SSSR count). The lowest BCUT2D eigenvalue weighted by molar-refractivity contribution is -0.141. The quantitative estimate of drug-likeness (QED) is 0.868. The van der Waals surface area contributed by atoms with Gasteiger partial charge in [-0.1, -0.05) is 23.7 Å². The summed E-state index contributed by atoms with van der Waals surface area (Å²) in [6.45, 7) is 1.82. The number of carbonyl (C=O) groups is 1. The van der Waals surface area contributed by atoms with E-state index in [0.29, 0.717) is 16.3 Å². The Hall–Kier alpha value is -2.11. The Morgan fingerprint density at radius 1 is 1.23 bits per heavy atom. The first-order valence-corrected chi connectivity index (χ1v) is 8.94. The second-order valence-electron chi connectivity index (χ2n) is 7.31. The molecule has 0 bridgehead atoms. The molecule has 2 aliphatic rings. The number of fused-ring (bicyclic) bond motifs is 1. The van der Waals surface area contributed by atoms with Crippen molar-refractivity contribution in [2.24, 2.45) is 5.41 Å². The van der Waals surface area contributed by atoms with Crippen LogP contribution in [0.25, 0.3) is 0 Å². The van der Waals surface area contributed by atoms with Gasteiger partial charge in [-0.2, -0.15) is 0 Å². The highest BCUT2D eigenvalue weighted by Crippen LogP contribution is 2.44. The van der Waals surface area contributed by atoms with Crippen LogP contribution < -0.4 is 4.74 Å². The largest absolute Gasteiger partial charge is 0.489 e. The SMILES string of the molecule is O=C(O)CN1CC2(Cc3ccc(OCc4c(F)cccc4Cl)cc3C2)C1. The number of rotatable bonds is 5. The van der Waals surface area contributed by atoms with Gasteiger partial charge in [0.2, 0.25) is 0 Å². The zero-order chi connectivity index (χ0) is 18.3. The first-order valence-electron chi connectivity index (χ1n) is 8.56. The van der Waals surface area contributed by atoms with Crippen molar-refractivity contribution >= 4 is 17.6 Å². The van der Waals surface area contributed by atoms with E-state index in [2.05, 4.69) is 6.07 Å². The van der Waals surface area contributed by atoms with Gasteiger partial charge in [-0.05, 0) is 48.2 Å². The van der Waals surface area contributed by atoms with Crippen LogP contribution in [0.1, 0.15) is 16.7 Å². The molecule has 1 heterocycles. The number of carboxylic acid groups (broad SMARTS) is 1. The lowest BCUT2D eigenvalue weighted by Gasteiger charge is -2.47. The van der Waals surface area contributed by atoms with Gasteiger partial charge >= 0.3 is 5.97 Å². The molecule has 6 heteroatoms. The summed E-state index contributed by atoms with van der Waals surface area (Å²) in [4.78, 5) is 12.8. The van der Waals surface area contributed by atoms with Gasteiger partial charge in [0.25, 0.3) is 0 Å².